The Morgan fingerprint density at radius 2 is 2.05 bits per heavy atom. The van der Waals surface area contributed by atoms with Crippen LogP contribution >= 0.6 is 11.3 Å². The summed E-state index contributed by atoms with van der Waals surface area (Å²) in [5.41, 5.74) is 0.530. The number of nitrogens with one attached hydrogen (secondary N) is 2. The number of anilines is 1. The van der Waals surface area contributed by atoms with Crippen molar-refractivity contribution in [2.45, 2.75) is 33.2 Å². The average Bonchev–Trinajstić information content (AvgIpc) is 2.82. The molecule has 2 N–H and O–H groups in total. The van der Waals surface area contributed by atoms with Crippen LogP contribution in [0.2, 0.25) is 0 Å². The molecule has 0 saturated heterocycles. The van der Waals surface area contributed by atoms with E-state index in [2.05, 4.69) is 20.4 Å². The highest BCUT2D eigenvalue weighted by Crippen LogP contribution is 2.17. The lowest BCUT2D eigenvalue weighted by molar-refractivity contribution is -0.139. The van der Waals surface area contributed by atoms with E-state index < -0.39 is 12.0 Å². The number of esters is 1. The lowest BCUT2D eigenvalue weighted by atomic mass is 10.0. The van der Waals surface area contributed by atoms with E-state index in [4.69, 9.17) is 0 Å². The van der Waals surface area contributed by atoms with Gasteiger partial charge in [0.2, 0.25) is 11.8 Å². The molecule has 8 heteroatoms. The number of hydrogen-bond donors (Lipinski definition) is 2. The molecule has 116 valence electrons. The topological polar surface area (TPSA) is 97.4 Å². The third-order valence-electron chi connectivity index (χ3n) is 2.64. The average molecular weight is 313 g/mol. The van der Waals surface area contributed by atoms with Crippen molar-refractivity contribution in [2.24, 2.45) is 5.92 Å². The Morgan fingerprint density at radius 3 is 2.57 bits per heavy atom. The van der Waals surface area contributed by atoms with Gasteiger partial charge in [-0.1, -0.05) is 13.8 Å². The minimum absolute atomic E-state index is 0.0524. The van der Waals surface area contributed by atoms with Crippen LogP contribution in [0, 0.1) is 5.92 Å². The standard InChI is InChI=1S/C13H19N3O4S/c1-7(2)11(14-8(3)17)12(19)16-13-15-9(6-21-13)5-10(18)20-4/h6-7,11H,5H2,1-4H3,(H,14,17)(H,15,16,19). The maximum Gasteiger partial charge on any atom is 0.311 e. The van der Waals surface area contributed by atoms with E-state index in [9.17, 15) is 14.4 Å². The number of aromatic nitrogens is 1. The van der Waals surface area contributed by atoms with Crippen molar-refractivity contribution in [3.05, 3.63) is 11.1 Å². The zero-order valence-electron chi connectivity index (χ0n) is 12.4. The van der Waals surface area contributed by atoms with Crippen molar-refractivity contribution in [1.82, 2.24) is 10.3 Å². The van der Waals surface area contributed by atoms with Gasteiger partial charge in [-0.3, -0.25) is 14.4 Å². The minimum atomic E-state index is -0.629. The molecule has 0 aliphatic carbocycles. The highest BCUT2D eigenvalue weighted by atomic mass is 32.1. The van der Waals surface area contributed by atoms with Gasteiger partial charge in [-0.25, -0.2) is 4.98 Å². The molecular weight excluding hydrogens is 294 g/mol. The molecule has 0 spiro atoms. The van der Waals surface area contributed by atoms with Gasteiger partial charge in [0.05, 0.1) is 19.2 Å². The summed E-state index contributed by atoms with van der Waals surface area (Å²) in [6, 6.07) is -0.629. The van der Waals surface area contributed by atoms with Crippen molar-refractivity contribution < 1.29 is 19.1 Å². The number of carbonyl (C=O) groups excluding carboxylic acids is 3. The van der Waals surface area contributed by atoms with Crippen LogP contribution in [0.3, 0.4) is 0 Å². The van der Waals surface area contributed by atoms with Crippen LogP contribution in [-0.2, 0) is 25.5 Å². The van der Waals surface area contributed by atoms with Crippen LogP contribution in [0.25, 0.3) is 0 Å². The first kappa shape index (κ1) is 17.1. The molecule has 0 aliphatic rings. The van der Waals surface area contributed by atoms with Crippen molar-refractivity contribution >= 4 is 34.3 Å². The molecule has 0 radical (unpaired) electrons. The Labute approximate surface area is 127 Å². The molecule has 0 aliphatic heterocycles. The second-order valence-corrected chi connectivity index (χ2v) is 5.67. The van der Waals surface area contributed by atoms with Gasteiger partial charge in [-0.2, -0.15) is 0 Å². The van der Waals surface area contributed by atoms with E-state index in [0.717, 1.165) is 0 Å². The third-order valence-corrected chi connectivity index (χ3v) is 3.45. The molecule has 0 saturated carbocycles. The summed E-state index contributed by atoms with van der Waals surface area (Å²) in [7, 11) is 1.30. The highest BCUT2D eigenvalue weighted by Gasteiger charge is 2.23. The first-order valence-electron chi connectivity index (χ1n) is 6.42. The fourth-order valence-corrected chi connectivity index (χ4v) is 2.32. The lowest BCUT2D eigenvalue weighted by Gasteiger charge is -2.20. The number of hydrogen-bond acceptors (Lipinski definition) is 6. The van der Waals surface area contributed by atoms with Gasteiger partial charge in [0.15, 0.2) is 5.13 Å². The lowest BCUT2D eigenvalue weighted by Crippen LogP contribution is -2.46. The molecule has 1 aromatic rings. The molecule has 1 heterocycles. The Bertz CT molecular complexity index is 527. The number of methoxy groups -OCH3 is 1. The zero-order valence-corrected chi connectivity index (χ0v) is 13.2. The van der Waals surface area contributed by atoms with Crippen LogP contribution in [0.5, 0.6) is 0 Å². The molecule has 0 bridgehead atoms. The summed E-state index contributed by atoms with van der Waals surface area (Å²) in [6.45, 7) is 5.04. The van der Waals surface area contributed by atoms with Crippen LogP contribution in [0.15, 0.2) is 5.38 Å². The molecule has 1 rings (SSSR count). The fourth-order valence-electron chi connectivity index (χ4n) is 1.60. The number of carbonyl (C=O) groups is 3. The van der Waals surface area contributed by atoms with Gasteiger partial charge in [-0.05, 0) is 5.92 Å². The monoisotopic (exact) mass is 313 g/mol. The highest BCUT2D eigenvalue weighted by molar-refractivity contribution is 7.13. The van der Waals surface area contributed by atoms with Gasteiger partial charge in [0, 0.05) is 12.3 Å². The van der Waals surface area contributed by atoms with Gasteiger partial charge in [0.1, 0.15) is 6.04 Å². The molecule has 0 fully saturated rings. The van der Waals surface area contributed by atoms with E-state index in [-0.39, 0.29) is 24.2 Å². The van der Waals surface area contributed by atoms with Crippen LogP contribution in [0.4, 0.5) is 5.13 Å². The molecular formula is C13H19N3O4S. The quantitative estimate of drug-likeness (QED) is 0.762. The Balaban J connectivity index is 2.68. The minimum Gasteiger partial charge on any atom is -0.469 e. The maximum atomic E-state index is 12.1. The second kappa shape index (κ2) is 7.72. The van der Waals surface area contributed by atoms with Crippen LogP contribution in [-0.4, -0.2) is 35.9 Å². The van der Waals surface area contributed by atoms with Crippen molar-refractivity contribution in [3.63, 3.8) is 0 Å². The zero-order chi connectivity index (χ0) is 16.0. The first-order valence-corrected chi connectivity index (χ1v) is 7.30. The summed E-state index contributed by atoms with van der Waals surface area (Å²) in [5.74, 6) is -1.05. The number of rotatable bonds is 6. The van der Waals surface area contributed by atoms with Gasteiger partial charge < -0.3 is 15.4 Å². The van der Waals surface area contributed by atoms with Crippen molar-refractivity contribution in [2.75, 3.05) is 12.4 Å². The maximum absolute atomic E-state index is 12.1. The molecule has 2 amide bonds. The number of nitrogens with zero attached hydrogens (tertiary/aromatic N) is 1. The van der Waals surface area contributed by atoms with E-state index in [1.807, 2.05) is 13.8 Å². The predicted molar refractivity (Wildman–Crippen MR) is 78.9 cm³/mol. The van der Waals surface area contributed by atoms with Gasteiger partial charge in [-0.15, -0.1) is 11.3 Å². The van der Waals surface area contributed by atoms with E-state index in [0.29, 0.717) is 10.8 Å². The Morgan fingerprint density at radius 1 is 1.38 bits per heavy atom. The summed E-state index contributed by atoms with van der Waals surface area (Å²) in [5, 5.41) is 7.30. The first-order chi connectivity index (χ1) is 9.83. The summed E-state index contributed by atoms with van der Waals surface area (Å²) in [4.78, 5) is 38.5. The number of amides is 2. The summed E-state index contributed by atoms with van der Waals surface area (Å²) >= 11 is 1.21. The molecule has 21 heavy (non-hydrogen) atoms. The van der Waals surface area contributed by atoms with E-state index in [1.165, 1.54) is 25.4 Å². The van der Waals surface area contributed by atoms with Gasteiger partial charge in [0.25, 0.3) is 0 Å². The largest absolute Gasteiger partial charge is 0.469 e. The SMILES string of the molecule is COC(=O)Cc1csc(NC(=O)C(NC(C)=O)C(C)C)n1. The molecule has 1 aromatic heterocycles. The summed E-state index contributed by atoms with van der Waals surface area (Å²) in [6.07, 6.45) is 0.0577. The molecule has 1 atom stereocenters. The smallest absolute Gasteiger partial charge is 0.311 e. The third kappa shape index (κ3) is 5.50. The normalized spacial score (nSPS) is 11.9. The van der Waals surface area contributed by atoms with Crippen molar-refractivity contribution in [1.29, 1.82) is 0 Å². The predicted octanol–water partition coefficient (Wildman–Crippen LogP) is 0.958. The Kier molecular flexibility index (Phi) is 6.29. The molecule has 1 unspecified atom stereocenters. The van der Waals surface area contributed by atoms with Gasteiger partial charge >= 0.3 is 5.97 Å². The molecule has 7 nitrogen and oxygen atoms in total. The number of ether oxygens (including phenoxy) is 1. The molecule has 0 aromatic carbocycles. The Hall–Kier alpha value is -1.96. The summed E-state index contributed by atoms with van der Waals surface area (Å²) < 4.78 is 4.55. The van der Waals surface area contributed by atoms with Crippen LogP contribution < -0.4 is 10.6 Å². The fraction of sp³-hybridized carbons (Fsp3) is 0.538. The number of thiazole rings is 1. The van der Waals surface area contributed by atoms with Crippen LogP contribution in [0.1, 0.15) is 26.5 Å². The van der Waals surface area contributed by atoms with Crippen molar-refractivity contribution in [3.8, 4) is 0 Å². The second-order valence-electron chi connectivity index (χ2n) is 4.81. The van der Waals surface area contributed by atoms with E-state index in [1.54, 1.807) is 5.38 Å². The van der Waals surface area contributed by atoms with E-state index >= 15 is 0 Å².